The van der Waals surface area contributed by atoms with Crippen LogP contribution in [0.4, 0.5) is 0 Å². The Bertz CT molecular complexity index is 326. The summed E-state index contributed by atoms with van der Waals surface area (Å²) in [5, 5.41) is 8.48. The Labute approximate surface area is 88.9 Å². The number of nitrogens with zero attached hydrogens (tertiary/aromatic N) is 1. The summed E-state index contributed by atoms with van der Waals surface area (Å²) < 4.78 is 29.6. The zero-order chi connectivity index (χ0) is 11.5. The molecular weight excluding hydrogens is 222 g/mol. The van der Waals surface area contributed by atoms with Crippen LogP contribution < -0.4 is 0 Å². The van der Waals surface area contributed by atoms with Crippen LogP contribution in [-0.4, -0.2) is 55.4 Å². The summed E-state index contributed by atoms with van der Waals surface area (Å²) in [7, 11) is -3.69. The molecule has 0 aromatic carbocycles. The molecule has 1 aliphatic heterocycles. The zero-order valence-electron chi connectivity index (χ0n) is 8.55. The van der Waals surface area contributed by atoms with Crippen molar-refractivity contribution in [2.75, 3.05) is 25.4 Å². The van der Waals surface area contributed by atoms with Crippen LogP contribution in [0, 0.1) is 0 Å². The molecule has 7 heteroatoms. The molecule has 0 bridgehead atoms. The lowest BCUT2D eigenvalue weighted by atomic mass is 10.4. The Hall–Kier alpha value is -0.660. The second kappa shape index (κ2) is 4.91. The number of carbonyl (C=O) groups is 1. The molecule has 0 aromatic rings. The van der Waals surface area contributed by atoms with Gasteiger partial charge in [-0.3, -0.25) is 4.79 Å². The van der Waals surface area contributed by atoms with E-state index in [9.17, 15) is 13.2 Å². The summed E-state index contributed by atoms with van der Waals surface area (Å²) in [5.41, 5.74) is 0. The monoisotopic (exact) mass is 237 g/mol. The van der Waals surface area contributed by atoms with Gasteiger partial charge in [0.25, 0.3) is 0 Å². The predicted molar refractivity (Wildman–Crippen MR) is 53.0 cm³/mol. The van der Waals surface area contributed by atoms with Gasteiger partial charge in [-0.2, -0.15) is 4.31 Å². The summed E-state index contributed by atoms with van der Waals surface area (Å²) in [6.07, 6.45) is 0.416. The van der Waals surface area contributed by atoms with Crippen LogP contribution in [0.1, 0.15) is 13.3 Å². The van der Waals surface area contributed by atoms with Crippen molar-refractivity contribution >= 4 is 16.0 Å². The molecule has 1 saturated heterocycles. The molecule has 88 valence electrons. The number of ether oxygens (including phenoxy) is 1. The number of rotatable bonds is 3. The molecular formula is C8H15NO5S. The Balaban J connectivity index is 2.72. The SMILES string of the molecule is CC1CN(S(=O)(=O)CC(=O)O)CCCO1. The van der Waals surface area contributed by atoms with Gasteiger partial charge in [-0.1, -0.05) is 0 Å². The third-order valence-corrected chi connectivity index (χ3v) is 3.84. The maximum Gasteiger partial charge on any atom is 0.320 e. The first-order valence-corrected chi connectivity index (χ1v) is 6.34. The number of hydrogen-bond donors (Lipinski definition) is 1. The topological polar surface area (TPSA) is 83.9 Å². The highest BCUT2D eigenvalue weighted by atomic mass is 32.2. The van der Waals surface area contributed by atoms with Crippen molar-refractivity contribution in [3.05, 3.63) is 0 Å². The average molecular weight is 237 g/mol. The highest BCUT2D eigenvalue weighted by molar-refractivity contribution is 7.89. The molecule has 0 spiro atoms. The smallest absolute Gasteiger partial charge is 0.320 e. The van der Waals surface area contributed by atoms with Crippen LogP contribution in [0.2, 0.25) is 0 Å². The maximum absolute atomic E-state index is 11.6. The van der Waals surface area contributed by atoms with E-state index >= 15 is 0 Å². The van der Waals surface area contributed by atoms with E-state index in [0.717, 1.165) is 0 Å². The average Bonchev–Trinajstić information content (AvgIpc) is 2.27. The lowest BCUT2D eigenvalue weighted by Gasteiger charge is -2.20. The largest absolute Gasteiger partial charge is 0.480 e. The molecule has 1 heterocycles. The number of carboxylic acids is 1. The van der Waals surface area contributed by atoms with Gasteiger partial charge in [0.05, 0.1) is 6.10 Å². The van der Waals surface area contributed by atoms with Crippen molar-refractivity contribution in [3.8, 4) is 0 Å². The van der Waals surface area contributed by atoms with Gasteiger partial charge in [0.15, 0.2) is 5.75 Å². The van der Waals surface area contributed by atoms with E-state index in [1.807, 2.05) is 0 Å². The first-order valence-electron chi connectivity index (χ1n) is 4.73. The molecule has 0 aromatic heterocycles. The molecule has 15 heavy (non-hydrogen) atoms. The van der Waals surface area contributed by atoms with Crippen LogP contribution in [0.3, 0.4) is 0 Å². The Morgan fingerprint density at radius 2 is 2.27 bits per heavy atom. The molecule has 0 aliphatic carbocycles. The molecule has 1 aliphatic rings. The van der Waals surface area contributed by atoms with E-state index in [-0.39, 0.29) is 12.6 Å². The fourth-order valence-corrected chi connectivity index (χ4v) is 2.80. The minimum atomic E-state index is -3.69. The van der Waals surface area contributed by atoms with Crippen LogP contribution in [0.25, 0.3) is 0 Å². The van der Waals surface area contributed by atoms with Gasteiger partial charge in [0.2, 0.25) is 10.0 Å². The predicted octanol–water partition coefficient (Wildman–Crippen LogP) is -0.488. The van der Waals surface area contributed by atoms with E-state index in [2.05, 4.69) is 0 Å². The number of aliphatic carboxylic acids is 1. The van der Waals surface area contributed by atoms with Gasteiger partial charge >= 0.3 is 5.97 Å². The highest BCUT2D eigenvalue weighted by Gasteiger charge is 2.28. The Morgan fingerprint density at radius 1 is 1.60 bits per heavy atom. The lowest BCUT2D eigenvalue weighted by molar-refractivity contribution is -0.134. The standard InChI is InChI=1S/C8H15NO5S/c1-7-5-9(3-2-4-14-7)15(12,13)6-8(10)11/h7H,2-6H2,1H3,(H,10,11). The van der Waals surface area contributed by atoms with Crippen molar-refractivity contribution in [1.82, 2.24) is 4.31 Å². The quantitative estimate of drug-likeness (QED) is 0.716. The molecule has 6 nitrogen and oxygen atoms in total. The van der Waals surface area contributed by atoms with Gasteiger partial charge in [-0.25, -0.2) is 8.42 Å². The zero-order valence-corrected chi connectivity index (χ0v) is 9.37. The third kappa shape index (κ3) is 3.77. The minimum Gasteiger partial charge on any atom is -0.480 e. The fourth-order valence-electron chi connectivity index (χ4n) is 1.46. The van der Waals surface area contributed by atoms with Gasteiger partial charge in [0.1, 0.15) is 0 Å². The van der Waals surface area contributed by atoms with E-state index in [1.165, 1.54) is 4.31 Å². The molecule has 1 fully saturated rings. The summed E-state index contributed by atoms with van der Waals surface area (Å²) in [5.74, 6) is -2.17. The minimum absolute atomic E-state index is 0.184. The second-order valence-corrected chi connectivity index (χ2v) is 5.51. The number of sulfonamides is 1. The van der Waals surface area contributed by atoms with Gasteiger partial charge in [-0.05, 0) is 13.3 Å². The molecule has 0 radical (unpaired) electrons. The first-order chi connectivity index (χ1) is 6.92. The van der Waals surface area contributed by atoms with Crippen LogP contribution in [0.15, 0.2) is 0 Å². The van der Waals surface area contributed by atoms with Crippen molar-refractivity contribution in [2.45, 2.75) is 19.4 Å². The molecule has 1 rings (SSSR count). The molecule has 1 unspecified atom stereocenters. The molecule has 1 N–H and O–H groups in total. The third-order valence-electron chi connectivity index (χ3n) is 2.11. The summed E-state index contributed by atoms with van der Waals surface area (Å²) in [6, 6.07) is 0. The number of hydrogen-bond acceptors (Lipinski definition) is 4. The molecule has 0 amide bonds. The Kier molecular flexibility index (Phi) is 4.06. The van der Waals surface area contributed by atoms with E-state index in [4.69, 9.17) is 9.84 Å². The maximum atomic E-state index is 11.6. The van der Waals surface area contributed by atoms with Crippen molar-refractivity contribution in [2.24, 2.45) is 0 Å². The normalized spacial score (nSPS) is 24.7. The van der Waals surface area contributed by atoms with Gasteiger partial charge < -0.3 is 9.84 Å². The number of carboxylic acid groups (broad SMARTS) is 1. The van der Waals surface area contributed by atoms with Crippen LogP contribution in [0.5, 0.6) is 0 Å². The van der Waals surface area contributed by atoms with Gasteiger partial charge in [0, 0.05) is 19.7 Å². The van der Waals surface area contributed by atoms with Crippen LogP contribution >= 0.6 is 0 Å². The van der Waals surface area contributed by atoms with Crippen molar-refractivity contribution in [3.63, 3.8) is 0 Å². The fraction of sp³-hybridized carbons (Fsp3) is 0.875. The lowest BCUT2D eigenvalue weighted by Crippen LogP contribution is -2.39. The van der Waals surface area contributed by atoms with E-state index < -0.39 is 21.7 Å². The van der Waals surface area contributed by atoms with E-state index in [0.29, 0.717) is 19.6 Å². The van der Waals surface area contributed by atoms with Crippen LogP contribution in [-0.2, 0) is 19.6 Å². The Morgan fingerprint density at radius 3 is 2.87 bits per heavy atom. The van der Waals surface area contributed by atoms with E-state index in [1.54, 1.807) is 6.92 Å². The van der Waals surface area contributed by atoms with Gasteiger partial charge in [-0.15, -0.1) is 0 Å². The summed E-state index contributed by atoms with van der Waals surface area (Å²) in [6.45, 7) is 2.85. The first kappa shape index (κ1) is 12.4. The highest BCUT2D eigenvalue weighted by Crippen LogP contribution is 2.10. The van der Waals surface area contributed by atoms with Crippen molar-refractivity contribution in [1.29, 1.82) is 0 Å². The summed E-state index contributed by atoms with van der Waals surface area (Å²) in [4.78, 5) is 10.4. The molecule has 0 saturated carbocycles. The molecule has 1 atom stereocenters. The summed E-state index contributed by atoms with van der Waals surface area (Å²) >= 11 is 0. The second-order valence-electron chi connectivity index (χ2n) is 3.54. The van der Waals surface area contributed by atoms with Crippen molar-refractivity contribution < 1.29 is 23.1 Å².